The lowest BCUT2D eigenvalue weighted by molar-refractivity contribution is -0.0915. The van der Waals surface area contributed by atoms with E-state index in [4.69, 9.17) is 17.3 Å². The van der Waals surface area contributed by atoms with Crippen LogP contribution in [0.1, 0.15) is 5.82 Å². The van der Waals surface area contributed by atoms with Gasteiger partial charge in [0, 0.05) is 11.9 Å². The van der Waals surface area contributed by atoms with Crippen molar-refractivity contribution in [3.05, 3.63) is 65.2 Å². The number of allylic oxidation sites excluding steroid dienone is 3. The lowest BCUT2D eigenvalue weighted by atomic mass is 10.3. The van der Waals surface area contributed by atoms with Crippen LogP contribution in [0.5, 0.6) is 0 Å². The third kappa shape index (κ3) is 5.14. The Kier molecular flexibility index (Phi) is 6.93. The molecule has 0 aliphatic carbocycles. The highest BCUT2D eigenvalue weighted by Gasteiger charge is 2.18. The largest absolute Gasteiger partial charge is 0.435 e. The number of aromatic nitrogens is 5. The van der Waals surface area contributed by atoms with E-state index >= 15 is 0 Å². The first kappa shape index (κ1) is 23.0. The molecule has 8 nitrogen and oxygen atoms in total. The zero-order valence-electron chi connectivity index (χ0n) is 16.5. The van der Waals surface area contributed by atoms with Crippen molar-refractivity contribution in [3.63, 3.8) is 0 Å². The lowest BCUT2D eigenvalue weighted by Crippen LogP contribution is -2.12. The van der Waals surface area contributed by atoms with Gasteiger partial charge in [-0.05, 0) is 31.2 Å². The molecule has 0 saturated heterocycles. The quantitative estimate of drug-likeness (QED) is 0.285. The number of imidazole rings is 1. The summed E-state index contributed by atoms with van der Waals surface area (Å²) in [5.41, 5.74) is 6.49. The number of nitrogen functional groups attached to an aromatic ring is 1. The van der Waals surface area contributed by atoms with E-state index in [1.54, 1.807) is 13.0 Å². The van der Waals surface area contributed by atoms with Crippen molar-refractivity contribution in [1.29, 1.82) is 0 Å². The molecule has 0 spiro atoms. The second-order valence-corrected chi connectivity index (χ2v) is 6.62. The Hall–Kier alpha value is -3.67. The van der Waals surface area contributed by atoms with Gasteiger partial charge in [-0.15, -0.1) is 0 Å². The van der Waals surface area contributed by atoms with Gasteiger partial charge in [-0.1, -0.05) is 18.2 Å². The summed E-state index contributed by atoms with van der Waals surface area (Å²) in [7, 11) is 0. The van der Waals surface area contributed by atoms with Crippen LogP contribution in [0.15, 0.2) is 48.5 Å². The van der Waals surface area contributed by atoms with Gasteiger partial charge in [-0.2, -0.15) is 23.1 Å². The molecule has 3 N–H and O–H groups in total. The number of halogens is 5. The molecule has 0 radical (unpaired) electrons. The summed E-state index contributed by atoms with van der Waals surface area (Å²) < 4.78 is 57.6. The van der Waals surface area contributed by atoms with E-state index in [2.05, 4.69) is 36.6 Å². The molecule has 0 amide bonds. The molecular formula is C19H16ClF4N7O. The summed E-state index contributed by atoms with van der Waals surface area (Å²) in [6, 6.07) is 1.58. The minimum Gasteiger partial charge on any atom is -0.435 e. The molecule has 3 heterocycles. The van der Waals surface area contributed by atoms with Crippen LogP contribution in [0.2, 0.25) is 5.02 Å². The highest BCUT2D eigenvalue weighted by molar-refractivity contribution is 6.31. The van der Waals surface area contributed by atoms with Gasteiger partial charge in [0.1, 0.15) is 18.3 Å². The fourth-order valence-electron chi connectivity index (χ4n) is 2.65. The number of hydrogen-bond donors (Lipinski definition) is 2. The van der Waals surface area contributed by atoms with Crippen LogP contribution < -0.4 is 11.1 Å². The number of fused-ring (bicyclic) bond motifs is 1. The van der Waals surface area contributed by atoms with Crippen molar-refractivity contribution in [2.75, 3.05) is 17.7 Å². The average Bonchev–Trinajstić information content (AvgIpc) is 3.04. The van der Waals surface area contributed by atoms with Crippen LogP contribution in [0, 0.1) is 12.7 Å². The zero-order valence-corrected chi connectivity index (χ0v) is 17.2. The topological polar surface area (TPSA) is 104 Å². The van der Waals surface area contributed by atoms with E-state index in [1.807, 2.05) is 0 Å². The Morgan fingerprint density at radius 1 is 1.34 bits per heavy atom. The zero-order chi connectivity index (χ0) is 23.4. The van der Waals surface area contributed by atoms with E-state index in [1.165, 1.54) is 10.8 Å². The number of aryl methyl sites for hydroxylation is 1. The summed E-state index contributed by atoms with van der Waals surface area (Å²) >= 11 is 6.01. The molecule has 0 bridgehead atoms. The van der Waals surface area contributed by atoms with Gasteiger partial charge in [0.25, 0.3) is 0 Å². The van der Waals surface area contributed by atoms with Gasteiger partial charge in [0.2, 0.25) is 11.8 Å². The molecule has 0 fully saturated rings. The maximum atomic E-state index is 14.6. The van der Waals surface area contributed by atoms with Crippen LogP contribution in [0.4, 0.5) is 29.2 Å². The first-order valence-corrected chi connectivity index (χ1v) is 9.26. The summed E-state index contributed by atoms with van der Waals surface area (Å²) in [4.78, 5) is 16.5. The highest BCUT2D eigenvalue weighted by atomic mass is 35.5. The Morgan fingerprint density at radius 2 is 2.09 bits per heavy atom. The van der Waals surface area contributed by atoms with Crippen molar-refractivity contribution < 1.29 is 22.3 Å². The maximum Gasteiger partial charge on any atom is 0.387 e. The molecule has 3 rings (SSSR count). The van der Waals surface area contributed by atoms with E-state index in [-0.39, 0.29) is 17.4 Å². The predicted octanol–water partition coefficient (Wildman–Crippen LogP) is 4.47. The molecule has 168 valence electrons. The molecule has 3 aromatic heterocycles. The van der Waals surface area contributed by atoms with Crippen LogP contribution >= 0.6 is 11.6 Å². The SMILES string of the molecule is C=C(/C=C\C(=C/CF)Nc1nc(-n2c(C)nc3ncc(Cl)cc32)nc(N)c1F)OC(F)F. The summed E-state index contributed by atoms with van der Waals surface area (Å²) in [6.07, 6.45) is 4.64. The normalized spacial score (nSPS) is 12.2. The third-order valence-corrected chi connectivity index (χ3v) is 4.17. The van der Waals surface area contributed by atoms with Crippen molar-refractivity contribution in [2.24, 2.45) is 0 Å². The number of nitrogens with zero attached hydrogens (tertiary/aromatic N) is 5. The number of anilines is 2. The monoisotopic (exact) mass is 469 g/mol. The van der Waals surface area contributed by atoms with Crippen molar-refractivity contribution in [1.82, 2.24) is 24.5 Å². The number of nitrogens with two attached hydrogens (primary N) is 1. The number of alkyl halides is 3. The van der Waals surface area contributed by atoms with Crippen LogP contribution in [-0.2, 0) is 4.74 Å². The van der Waals surface area contributed by atoms with Gasteiger partial charge in [-0.3, -0.25) is 4.57 Å². The summed E-state index contributed by atoms with van der Waals surface area (Å²) in [5, 5.41) is 2.88. The second-order valence-electron chi connectivity index (χ2n) is 6.18. The molecule has 3 aromatic rings. The van der Waals surface area contributed by atoms with Gasteiger partial charge in [-0.25, -0.2) is 14.4 Å². The minimum absolute atomic E-state index is 0.0219. The Morgan fingerprint density at radius 3 is 2.78 bits per heavy atom. The van der Waals surface area contributed by atoms with Gasteiger partial charge in [0.05, 0.1) is 10.5 Å². The van der Waals surface area contributed by atoms with E-state index in [9.17, 15) is 17.6 Å². The van der Waals surface area contributed by atoms with Crippen LogP contribution in [0.3, 0.4) is 0 Å². The molecule has 0 atom stereocenters. The van der Waals surface area contributed by atoms with E-state index in [0.29, 0.717) is 22.0 Å². The Labute approximate surface area is 184 Å². The molecule has 13 heteroatoms. The molecule has 0 unspecified atom stereocenters. The first-order chi connectivity index (χ1) is 15.2. The number of rotatable bonds is 8. The molecule has 32 heavy (non-hydrogen) atoms. The van der Waals surface area contributed by atoms with Gasteiger partial charge in [0.15, 0.2) is 17.3 Å². The molecule has 0 aromatic carbocycles. The number of hydrogen-bond acceptors (Lipinski definition) is 7. The number of pyridine rings is 1. The van der Waals surface area contributed by atoms with Crippen LogP contribution in [-0.4, -0.2) is 37.8 Å². The molecular weight excluding hydrogens is 454 g/mol. The van der Waals surface area contributed by atoms with Crippen molar-refractivity contribution >= 4 is 34.4 Å². The lowest BCUT2D eigenvalue weighted by Gasteiger charge is -2.12. The maximum absolute atomic E-state index is 14.6. The smallest absolute Gasteiger partial charge is 0.387 e. The summed E-state index contributed by atoms with van der Waals surface area (Å²) in [5.74, 6) is -1.92. The van der Waals surface area contributed by atoms with Crippen molar-refractivity contribution in [2.45, 2.75) is 13.5 Å². The van der Waals surface area contributed by atoms with Crippen LogP contribution in [0.25, 0.3) is 17.1 Å². The third-order valence-electron chi connectivity index (χ3n) is 3.96. The average molecular weight is 470 g/mol. The minimum atomic E-state index is -3.08. The van der Waals surface area contributed by atoms with E-state index < -0.39 is 30.7 Å². The Bertz CT molecular complexity index is 1230. The summed E-state index contributed by atoms with van der Waals surface area (Å²) in [6.45, 7) is 0.903. The molecule has 0 aliphatic heterocycles. The fraction of sp³-hybridized carbons (Fsp3) is 0.158. The fourth-order valence-corrected chi connectivity index (χ4v) is 2.81. The number of nitrogens with one attached hydrogen (secondary N) is 1. The molecule has 0 aliphatic rings. The highest BCUT2D eigenvalue weighted by Crippen LogP contribution is 2.25. The standard InChI is InChI=1S/C19H16ClF4N7O/c1-9(32-18(23)24)3-4-12(5-6-21)28-17-14(22)15(25)29-19(30-17)31-10(2)27-16-13(31)7-11(20)8-26-16/h3-5,7-8,18H,1,6H2,2H3,(H3,25,28,29,30)/b4-3-,12-5+. The van der Waals surface area contributed by atoms with E-state index in [0.717, 1.165) is 18.2 Å². The first-order valence-electron chi connectivity index (χ1n) is 8.88. The predicted molar refractivity (Wildman–Crippen MR) is 112 cm³/mol. The van der Waals surface area contributed by atoms with Gasteiger partial charge >= 0.3 is 6.61 Å². The number of ether oxygens (including phenoxy) is 1. The second kappa shape index (κ2) is 9.64. The van der Waals surface area contributed by atoms with Gasteiger partial charge < -0.3 is 15.8 Å². The molecule has 0 saturated carbocycles. The Balaban J connectivity index is 2.01. The van der Waals surface area contributed by atoms with Crippen molar-refractivity contribution in [3.8, 4) is 5.95 Å².